The Hall–Kier alpha value is -1.16. The van der Waals surface area contributed by atoms with Gasteiger partial charge in [0.25, 0.3) is 0 Å². The van der Waals surface area contributed by atoms with Crippen molar-refractivity contribution in [1.82, 2.24) is 9.88 Å². The molecule has 1 unspecified atom stereocenters. The average molecular weight is 277 g/mol. The van der Waals surface area contributed by atoms with Crippen molar-refractivity contribution in [3.63, 3.8) is 0 Å². The molecule has 104 valence electrons. The second-order valence-electron chi connectivity index (χ2n) is 5.30. The first-order valence-electron chi connectivity index (χ1n) is 7.20. The van der Waals surface area contributed by atoms with Crippen LogP contribution in [-0.4, -0.2) is 21.5 Å². The Balaban J connectivity index is 2.29. The van der Waals surface area contributed by atoms with Crippen molar-refractivity contribution >= 4 is 17.3 Å². The number of nitrogens with two attached hydrogens (primary N) is 1. The topological polar surface area (TPSA) is 42.1 Å². The number of aromatic nitrogens is 1. The largest absolute Gasteiger partial charge is 0.376 e. The van der Waals surface area contributed by atoms with Gasteiger partial charge in [0, 0.05) is 18.9 Å². The number of rotatable bonds is 5. The molecule has 1 fully saturated rings. The fourth-order valence-electron chi connectivity index (χ4n) is 3.17. The van der Waals surface area contributed by atoms with E-state index in [1.54, 1.807) is 0 Å². The van der Waals surface area contributed by atoms with Crippen LogP contribution in [0.25, 0.3) is 0 Å². The quantitative estimate of drug-likeness (QED) is 0.839. The smallest absolute Gasteiger partial charge is 0.166 e. The van der Waals surface area contributed by atoms with Gasteiger partial charge < -0.3 is 10.6 Å². The molecule has 19 heavy (non-hydrogen) atoms. The summed E-state index contributed by atoms with van der Waals surface area (Å²) in [7, 11) is 0. The van der Waals surface area contributed by atoms with E-state index in [0.29, 0.717) is 17.1 Å². The summed E-state index contributed by atoms with van der Waals surface area (Å²) in [6.07, 6.45) is 9.98. The standard InChI is InChI=1S/C15H23N3S/c1-2-11-18(15(16)19)14(12-5-3-4-6-12)13-7-9-17-10-8-13/h7-10,12,14H,2-6,11H2,1H3,(H2,16,19). The molecule has 0 bridgehead atoms. The Bertz CT molecular complexity index is 401. The van der Waals surface area contributed by atoms with Crippen LogP contribution in [0.3, 0.4) is 0 Å². The molecule has 0 saturated heterocycles. The molecular weight excluding hydrogens is 254 g/mol. The average Bonchev–Trinajstić information content (AvgIpc) is 2.93. The van der Waals surface area contributed by atoms with Crippen LogP contribution in [0.1, 0.15) is 50.6 Å². The van der Waals surface area contributed by atoms with E-state index >= 15 is 0 Å². The summed E-state index contributed by atoms with van der Waals surface area (Å²) in [6, 6.07) is 4.52. The first-order chi connectivity index (χ1) is 9.24. The van der Waals surface area contributed by atoms with Crippen molar-refractivity contribution in [2.75, 3.05) is 6.54 Å². The predicted molar refractivity (Wildman–Crippen MR) is 82.7 cm³/mol. The van der Waals surface area contributed by atoms with Crippen LogP contribution < -0.4 is 5.73 Å². The van der Waals surface area contributed by atoms with E-state index in [2.05, 4.69) is 28.9 Å². The van der Waals surface area contributed by atoms with E-state index < -0.39 is 0 Å². The summed E-state index contributed by atoms with van der Waals surface area (Å²) >= 11 is 5.28. The van der Waals surface area contributed by atoms with E-state index in [0.717, 1.165) is 13.0 Å². The number of hydrogen-bond donors (Lipinski definition) is 1. The number of pyridine rings is 1. The summed E-state index contributed by atoms with van der Waals surface area (Å²) in [5.41, 5.74) is 7.26. The minimum Gasteiger partial charge on any atom is -0.376 e. The van der Waals surface area contributed by atoms with Crippen LogP contribution in [0.4, 0.5) is 0 Å². The van der Waals surface area contributed by atoms with Crippen molar-refractivity contribution < 1.29 is 0 Å². The van der Waals surface area contributed by atoms with Gasteiger partial charge in [0.05, 0.1) is 6.04 Å². The Labute approximate surface area is 121 Å². The fourth-order valence-corrected chi connectivity index (χ4v) is 3.37. The monoisotopic (exact) mass is 277 g/mol. The normalized spacial score (nSPS) is 17.3. The molecule has 1 aromatic heterocycles. The third-order valence-corrected chi connectivity index (χ3v) is 4.21. The van der Waals surface area contributed by atoms with Gasteiger partial charge in [-0.3, -0.25) is 4.98 Å². The molecule has 1 heterocycles. The Kier molecular flexibility index (Phi) is 5.14. The molecule has 4 heteroatoms. The van der Waals surface area contributed by atoms with Crippen LogP contribution >= 0.6 is 12.2 Å². The molecule has 0 radical (unpaired) electrons. The zero-order chi connectivity index (χ0) is 13.7. The highest BCUT2D eigenvalue weighted by Gasteiger charge is 2.31. The molecule has 1 saturated carbocycles. The summed E-state index contributed by atoms with van der Waals surface area (Å²) < 4.78 is 0. The van der Waals surface area contributed by atoms with Gasteiger partial charge in [-0.05, 0) is 55.1 Å². The Morgan fingerprint density at radius 2 is 2.05 bits per heavy atom. The van der Waals surface area contributed by atoms with Crippen molar-refractivity contribution in [3.8, 4) is 0 Å². The van der Waals surface area contributed by atoms with Crippen molar-refractivity contribution in [2.24, 2.45) is 11.7 Å². The van der Waals surface area contributed by atoms with Gasteiger partial charge in [-0.25, -0.2) is 0 Å². The highest BCUT2D eigenvalue weighted by Crippen LogP contribution is 2.39. The van der Waals surface area contributed by atoms with Gasteiger partial charge in [0.15, 0.2) is 5.11 Å². The van der Waals surface area contributed by atoms with Crippen LogP contribution in [0.2, 0.25) is 0 Å². The molecule has 1 aromatic rings. The van der Waals surface area contributed by atoms with Gasteiger partial charge in [-0.1, -0.05) is 19.8 Å². The van der Waals surface area contributed by atoms with Gasteiger partial charge in [-0.2, -0.15) is 0 Å². The van der Waals surface area contributed by atoms with Gasteiger partial charge in [0.2, 0.25) is 0 Å². The second kappa shape index (κ2) is 6.85. The van der Waals surface area contributed by atoms with Crippen LogP contribution in [-0.2, 0) is 0 Å². The van der Waals surface area contributed by atoms with E-state index in [-0.39, 0.29) is 0 Å². The maximum Gasteiger partial charge on any atom is 0.166 e. The summed E-state index contributed by atoms with van der Waals surface area (Å²) in [5.74, 6) is 0.662. The summed E-state index contributed by atoms with van der Waals surface area (Å²) in [4.78, 5) is 6.33. The minimum absolute atomic E-state index is 0.322. The van der Waals surface area contributed by atoms with Crippen LogP contribution in [0.5, 0.6) is 0 Å². The third-order valence-electron chi connectivity index (χ3n) is 3.98. The molecule has 0 aliphatic heterocycles. The lowest BCUT2D eigenvalue weighted by molar-refractivity contribution is 0.231. The molecule has 0 spiro atoms. The molecule has 2 rings (SSSR count). The minimum atomic E-state index is 0.322. The molecule has 0 aromatic carbocycles. The van der Waals surface area contributed by atoms with Crippen LogP contribution in [0.15, 0.2) is 24.5 Å². The molecule has 0 amide bonds. The van der Waals surface area contributed by atoms with Gasteiger partial charge in [0.1, 0.15) is 0 Å². The Morgan fingerprint density at radius 3 is 2.58 bits per heavy atom. The molecule has 1 aliphatic carbocycles. The van der Waals surface area contributed by atoms with Crippen LogP contribution in [0, 0.1) is 5.92 Å². The van der Waals surface area contributed by atoms with Gasteiger partial charge >= 0.3 is 0 Å². The zero-order valence-electron chi connectivity index (χ0n) is 11.6. The predicted octanol–water partition coefficient (Wildman–Crippen LogP) is 3.27. The highest BCUT2D eigenvalue weighted by molar-refractivity contribution is 7.80. The zero-order valence-corrected chi connectivity index (χ0v) is 12.4. The third kappa shape index (κ3) is 3.44. The molecule has 1 atom stereocenters. The molecular formula is C15H23N3S. The molecule has 3 nitrogen and oxygen atoms in total. The maximum absolute atomic E-state index is 5.97. The second-order valence-corrected chi connectivity index (χ2v) is 5.72. The van der Waals surface area contributed by atoms with Crippen molar-refractivity contribution in [2.45, 2.75) is 45.1 Å². The lowest BCUT2D eigenvalue weighted by atomic mass is 9.91. The summed E-state index contributed by atoms with van der Waals surface area (Å²) in [6.45, 7) is 3.10. The lowest BCUT2D eigenvalue weighted by Crippen LogP contribution is -2.41. The first-order valence-corrected chi connectivity index (χ1v) is 7.61. The highest BCUT2D eigenvalue weighted by atomic mass is 32.1. The fraction of sp³-hybridized carbons (Fsp3) is 0.600. The van der Waals surface area contributed by atoms with E-state index in [1.165, 1.54) is 31.2 Å². The van der Waals surface area contributed by atoms with E-state index in [1.807, 2.05) is 12.4 Å². The SMILES string of the molecule is CCCN(C(N)=S)C(c1ccncc1)C1CCCC1. The lowest BCUT2D eigenvalue weighted by Gasteiger charge is -2.36. The first kappa shape index (κ1) is 14.3. The molecule has 2 N–H and O–H groups in total. The van der Waals surface area contributed by atoms with Gasteiger partial charge in [-0.15, -0.1) is 0 Å². The van der Waals surface area contributed by atoms with Crippen molar-refractivity contribution in [3.05, 3.63) is 30.1 Å². The number of hydrogen-bond acceptors (Lipinski definition) is 2. The van der Waals surface area contributed by atoms with E-state index in [9.17, 15) is 0 Å². The number of nitrogens with zero attached hydrogens (tertiary/aromatic N) is 2. The molecule has 1 aliphatic rings. The maximum atomic E-state index is 5.97. The summed E-state index contributed by atoms with van der Waals surface area (Å²) in [5, 5.41) is 0.524. The number of thiocarbonyl (C=S) groups is 1. The van der Waals surface area contributed by atoms with Crippen molar-refractivity contribution in [1.29, 1.82) is 0 Å². The Morgan fingerprint density at radius 1 is 1.42 bits per heavy atom. The van der Waals surface area contributed by atoms with E-state index in [4.69, 9.17) is 18.0 Å².